The highest BCUT2D eigenvalue weighted by atomic mass is 16.5. The summed E-state index contributed by atoms with van der Waals surface area (Å²) in [6.07, 6.45) is 4.60. The van der Waals surface area contributed by atoms with Crippen molar-refractivity contribution in [2.24, 2.45) is 34.5 Å². The van der Waals surface area contributed by atoms with Crippen LogP contribution in [0.1, 0.15) is 67.7 Å². The molecule has 0 aromatic carbocycles. The van der Waals surface area contributed by atoms with Crippen LogP contribution in [-0.2, 0) is 4.74 Å². The number of ether oxygens (including phenoxy) is 1. The molecule has 0 bridgehead atoms. The van der Waals surface area contributed by atoms with Gasteiger partial charge in [0.25, 0.3) is 0 Å². The molecule has 0 N–H and O–H groups in total. The van der Waals surface area contributed by atoms with Gasteiger partial charge in [-0.3, -0.25) is 0 Å². The summed E-state index contributed by atoms with van der Waals surface area (Å²) in [6.45, 7) is 17.1. The van der Waals surface area contributed by atoms with Crippen LogP contribution in [0.2, 0.25) is 0 Å². The second-order valence-electron chi connectivity index (χ2n) is 9.38. The molecule has 1 heteroatoms. The van der Waals surface area contributed by atoms with Crippen LogP contribution < -0.4 is 0 Å². The Kier molecular flexibility index (Phi) is 2.77. The van der Waals surface area contributed by atoms with E-state index in [0.717, 1.165) is 23.7 Å². The van der Waals surface area contributed by atoms with E-state index < -0.39 is 0 Å². The van der Waals surface area contributed by atoms with Gasteiger partial charge in [0.2, 0.25) is 0 Å². The Morgan fingerprint density at radius 1 is 0.895 bits per heavy atom. The maximum atomic E-state index is 6.54. The molecule has 3 fully saturated rings. The highest BCUT2D eigenvalue weighted by Gasteiger charge is 2.64. The second-order valence-corrected chi connectivity index (χ2v) is 9.38. The minimum atomic E-state index is 0.107. The van der Waals surface area contributed by atoms with Crippen molar-refractivity contribution in [2.75, 3.05) is 0 Å². The summed E-state index contributed by atoms with van der Waals surface area (Å²) in [5.41, 5.74) is 0.990. The fourth-order valence-electron chi connectivity index (χ4n) is 6.04. The number of hydrogen-bond donors (Lipinski definition) is 0. The molecule has 3 rings (SSSR count). The van der Waals surface area contributed by atoms with Crippen molar-refractivity contribution in [3.05, 3.63) is 0 Å². The van der Waals surface area contributed by atoms with Gasteiger partial charge in [-0.25, -0.2) is 0 Å². The van der Waals surface area contributed by atoms with Gasteiger partial charge in [0.05, 0.1) is 11.7 Å². The molecule has 0 spiro atoms. The predicted molar refractivity (Wildman–Crippen MR) is 80.0 cm³/mol. The summed E-state index contributed by atoms with van der Waals surface area (Å²) < 4.78 is 6.54. The Hall–Kier alpha value is -0.0400. The third-order valence-electron chi connectivity index (χ3n) is 7.36. The average molecular weight is 264 g/mol. The zero-order valence-corrected chi connectivity index (χ0v) is 13.9. The summed E-state index contributed by atoms with van der Waals surface area (Å²) >= 11 is 0. The van der Waals surface area contributed by atoms with Gasteiger partial charge in [-0.1, -0.05) is 34.6 Å². The summed E-state index contributed by atoms with van der Waals surface area (Å²) in [4.78, 5) is 0. The Morgan fingerprint density at radius 2 is 1.53 bits per heavy atom. The van der Waals surface area contributed by atoms with Crippen molar-refractivity contribution in [1.82, 2.24) is 0 Å². The number of rotatable bonds is 0. The van der Waals surface area contributed by atoms with Crippen LogP contribution >= 0.6 is 0 Å². The molecule has 19 heavy (non-hydrogen) atoms. The highest BCUT2D eigenvalue weighted by molar-refractivity contribution is 5.12. The molecular formula is C18H32O. The van der Waals surface area contributed by atoms with Crippen LogP contribution in [0.3, 0.4) is 0 Å². The molecule has 3 aliphatic rings. The standard InChI is InChI=1S/C18H32O/c1-11-17(4,5)13-9-8-12-10-16(2,3)19-15(12)14(13)18(11,6)7/h11-15H,8-10H2,1-7H3/t11?,12-,13+,14-,15-/m0/s1. The summed E-state index contributed by atoms with van der Waals surface area (Å²) in [5, 5.41) is 0. The predicted octanol–water partition coefficient (Wildman–Crippen LogP) is 4.90. The fourth-order valence-corrected chi connectivity index (χ4v) is 6.04. The average Bonchev–Trinajstić information content (AvgIpc) is 2.65. The monoisotopic (exact) mass is 264 g/mol. The molecule has 2 saturated carbocycles. The summed E-state index contributed by atoms with van der Waals surface area (Å²) in [5.74, 6) is 3.21. The lowest BCUT2D eigenvalue weighted by Crippen LogP contribution is -2.42. The van der Waals surface area contributed by atoms with E-state index in [1.165, 1.54) is 19.3 Å². The van der Waals surface area contributed by atoms with E-state index >= 15 is 0 Å². The minimum Gasteiger partial charge on any atom is -0.372 e. The maximum absolute atomic E-state index is 6.54. The third kappa shape index (κ3) is 1.76. The van der Waals surface area contributed by atoms with Crippen molar-refractivity contribution in [3.8, 4) is 0 Å². The molecule has 1 unspecified atom stereocenters. The van der Waals surface area contributed by atoms with Crippen molar-refractivity contribution < 1.29 is 4.74 Å². The van der Waals surface area contributed by atoms with E-state index in [1.54, 1.807) is 0 Å². The smallest absolute Gasteiger partial charge is 0.0647 e. The topological polar surface area (TPSA) is 9.23 Å². The molecule has 1 saturated heterocycles. The van der Waals surface area contributed by atoms with Gasteiger partial charge in [0.15, 0.2) is 0 Å². The SMILES string of the molecule is CC1C(C)(C)[C@@H]2[C@H]3OC(C)(C)C[C@@H]3CC[C@H]2C1(C)C. The van der Waals surface area contributed by atoms with Crippen molar-refractivity contribution in [1.29, 1.82) is 0 Å². The van der Waals surface area contributed by atoms with Gasteiger partial charge in [-0.15, -0.1) is 0 Å². The largest absolute Gasteiger partial charge is 0.372 e. The van der Waals surface area contributed by atoms with Gasteiger partial charge < -0.3 is 4.74 Å². The molecule has 0 aromatic rings. The zero-order chi connectivity index (χ0) is 14.2. The van der Waals surface area contributed by atoms with Gasteiger partial charge in [0, 0.05) is 0 Å². The van der Waals surface area contributed by atoms with Crippen LogP contribution in [-0.4, -0.2) is 11.7 Å². The highest BCUT2D eigenvalue weighted by Crippen LogP contribution is 2.67. The van der Waals surface area contributed by atoms with Crippen molar-refractivity contribution in [3.63, 3.8) is 0 Å². The molecule has 1 nitrogen and oxygen atoms in total. The first kappa shape index (κ1) is 13.9. The van der Waals surface area contributed by atoms with Crippen molar-refractivity contribution >= 4 is 0 Å². The van der Waals surface area contributed by atoms with Gasteiger partial charge in [-0.05, 0) is 67.6 Å². The lowest BCUT2D eigenvalue weighted by Gasteiger charge is -2.43. The quantitative estimate of drug-likeness (QED) is 0.605. The van der Waals surface area contributed by atoms with E-state index in [0.29, 0.717) is 16.9 Å². The molecule has 5 atom stereocenters. The van der Waals surface area contributed by atoms with Gasteiger partial charge in [-0.2, -0.15) is 0 Å². The van der Waals surface area contributed by atoms with E-state index in [4.69, 9.17) is 4.74 Å². The molecule has 110 valence electrons. The lowest BCUT2D eigenvalue weighted by atomic mass is 9.64. The number of hydrogen-bond acceptors (Lipinski definition) is 1. The Balaban J connectivity index is 1.99. The number of fused-ring (bicyclic) bond motifs is 3. The Morgan fingerprint density at radius 3 is 2.16 bits per heavy atom. The van der Waals surface area contributed by atoms with Crippen LogP contribution in [0.25, 0.3) is 0 Å². The molecule has 1 heterocycles. The first-order chi connectivity index (χ1) is 8.57. The van der Waals surface area contributed by atoms with Crippen LogP contribution in [0.4, 0.5) is 0 Å². The minimum absolute atomic E-state index is 0.107. The normalized spacial score (nSPS) is 49.7. The Labute approximate surface area is 119 Å². The first-order valence-corrected chi connectivity index (χ1v) is 8.25. The van der Waals surface area contributed by atoms with E-state index in [2.05, 4.69) is 48.5 Å². The van der Waals surface area contributed by atoms with Gasteiger partial charge in [0.1, 0.15) is 0 Å². The molecular weight excluding hydrogens is 232 g/mol. The zero-order valence-electron chi connectivity index (χ0n) is 13.9. The van der Waals surface area contributed by atoms with Crippen LogP contribution in [0, 0.1) is 34.5 Å². The fraction of sp³-hybridized carbons (Fsp3) is 1.00. The second kappa shape index (κ2) is 3.78. The van der Waals surface area contributed by atoms with Crippen LogP contribution in [0.15, 0.2) is 0 Å². The molecule has 0 aromatic heterocycles. The first-order valence-electron chi connectivity index (χ1n) is 8.25. The van der Waals surface area contributed by atoms with Gasteiger partial charge >= 0.3 is 0 Å². The maximum Gasteiger partial charge on any atom is 0.0647 e. The van der Waals surface area contributed by atoms with Crippen LogP contribution in [0.5, 0.6) is 0 Å². The van der Waals surface area contributed by atoms with E-state index in [9.17, 15) is 0 Å². The molecule has 1 aliphatic heterocycles. The third-order valence-corrected chi connectivity index (χ3v) is 7.36. The summed E-state index contributed by atoms with van der Waals surface area (Å²) in [6, 6.07) is 0. The summed E-state index contributed by atoms with van der Waals surface area (Å²) in [7, 11) is 0. The molecule has 0 amide bonds. The molecule has 0 radical (unpaired) electrons. The lowest BCUT2D eigenvalue weighted by molar-refractivity contribution is -0.0952. The Bertz CT molecular complexity index is 379. The van der Waals surface area contributed by atoms with E-state index in [1.807, 2.05) is 0 Å². The van der Waals surface area contributed by atoms with E-state index in [-0.39, 0.29) is 5.60 Å². The molecule has 2 aliphatic carbocycles. The van der Waals surface area contributed by atoms with Crippen molar-refractivity contribution in [2.45, 2.75) is 79.4 Å².